The third-order valence-electron chi connectivity index (χ3n) is 6.21. The van der Waals surface area contributed by atoms with Gasteiger partial charge in [-0.15, -0.1) is 0 Å². The Morgan fingerprint density at radius 1 is 1.09 bits per heavy atom. The fraction of sp³-hybridized carbons (Fsp3) is 0.304. The number of aryl methyl sites for hydroxylation is 1. The van der Waals surface area contributed by atoms with Crippen LogP contribution in [0.3, 0.4) is 0 Å². The molecular formula is C23H23FN6O2. The first-order chi connectivity index (χ1) is 15.5. The van der Waals surface area contributed by atoms with Crippen molar-refractivity contribution in [2.75, 3.05) is 10.6 Å². The number of nitrogens with one attached hydrogen (secondary N) is 3. The van der Waals surface area contributed by atoms with Crippen LogP contribution < -0.4 is 20.7 Å². The summed E-state index contributed by atoms with van der Waals surface area (Å²) in [5.41, 5.74) is 1.36. The minimum atomic E-state index is -0.613. The van der Waals surface area contributed by atoms with Crippen molar-refractivity contribution in [3.8, 4) is 0 Å². The molecule has 0 atom stereocenters. The van der Waals surface area contributed by atoms with Crippen LogP contribution in [0.1, 0.15) is 53.7 Å². The number of nitrogens with zero attached hydrogens (tertiary/aromatic N) is 3. The third kappa shape index (κ3) is 3.39. The first-order valence-electron chi connectivity index (χ1n) is 10.7. The van der Waals surface area contributed by atoms with Gasteiger partial charge in [-0.2, -0.15) is 4.98 Å². The summed E-state index contributed by atoms with van der Waals surface area (Å²) in [4.78, 5) is 21.0. The van der Waals surface area contributed by atoms with Gasteiger partial charge in [0.15, 0.2) is 0 Å². The maximum Gasteiger partial charge on any atom is 0.284 e. The SMILES string of the molecule is Cc1cc(Nc2cc(Nc3ccccc3F)ncn2)[n+]([O-])c2c1C(=O)NC21CCCCC1. The molecule has 9 heteroatoms. The zero-order chi connectivity index (χ0) is 22.3. The molecule has 3 N–H and O–H groups in total. The van der Waals surface area contributed by atoms with Crippen LogP contribution in [-0.4, -0.2) is 15.9 Å². The van der Waals surface area contributed by atoms with E-state index >= 15 is 0 Å². The van der Waals surface area contributed by atoms with Crippen LogP contribution in [0.5, 0.6) is 0 Å². The van der Waals surface area contributed by atoms with Gasteiger partial charge in [0.05, 0.1) is 11.3 Å². The second-order valence-corrected chi connectivity index (χ2v) is 8.35. The summed E-state index contributed by atoms with van der Waals surface area (Å²) < 4.78 is 14.8. The van der Waals surface area contributed by atoms with Crippen molar-refractivity contribution in [2.45, 2.75) is 44.6 Å². The average molecular weight is 434 g/mol. The fourth-order valence-electron chi connectivity index (χ4n) is 4.73. The number of amides is 1. The molecule has 1 fully saturated rings. The lowest BCUT2D eigenvalue weighted by Crippen LogP contribution is -2.49. The lowest BCUT2D eigenvalue weighted by Gasteiger charge is -2.34. The van der Waals surface area contributed by atoms with E-state index in [4.69, 9.17) is 0 Å². The van der Waals surface area contributed by atoms with Crippen LogP contribution in [0.4, 0.5) is 27.5 Å². The average Bonchev–Trinajstić information content (AvgIpc) is 3.06. The number of halogens is 1. The number of anilines is 4. The Morgan fingerprint density at radius 2 is 1.81 bits per heavy atom. The topological polar surface area (TPSA) is 106 Å². The number of hydrogen-bond acceptors (Lipinski definition) is 6. The molecule has 0 unspecified atom stereocenters. The van der Waals surface area contributed by atoms with E-state index in [9.17, 15) is 14.4 Å². The quantitative estimate of drug-likeness (QED) is 0.424. The van der Waals surface area contributed by atoms with Gasteiger partial charge >= 0.3 is 0 Å². The summed E-state index contributed by atoms with van der Waals surface area (Å²) in [5, 5.41) is 22.5. The van der Waals surface area contributed by atoms with Crippen LogP contribution in [0.15, 0.2) is 42.7 Å². The predicted octanol–water partition coefficient (Wildman–Crippen LogP) is 3.95. The van der Waals surface area contributed by atoms with Crippen LogP contribution in [0.2, 0.25) is 0 Å². The number of fused-ring (bicyclic) bond motifs is 2. The number of benzene rings is 1. The molecule has 3 aromatic rings. The lowest BCUT2D eigenvalue weighted by atomic mass is 9.79. The van der Waals surface area contributed by atoms with E-state index in [0.29, 0.717) is 22.9 Å². The molecule has 1 amide bonds. The summed E-state index contributed by atoms with van der Waals surface area (Å²) in [6.45, 7) is 1.83. The smallest absolute Gasteiger partial charge is 0.284 e. The standard InChI is InChI=1S/C23H23FN6O2/c1-14-11-19(30(32)21-20(14)22(31)29-23(21)9-5-2-6-10-23)28-18-12-17(25-13-26-18)27-16-8-4-3-7-15(16)24/h3-4,7-8,11-13H,2,5-6,9-10H2,1H3,(H,29,31)(H2,25,26,27,28). The van der Waals surface area contributed by atoms with Crippen LogP contribution in [0, 0.1) is 17.9 Å². The molecule has 3 heterocycles. The molecule has 1 aliphatic carbocycles. The summed E-state index contributed by atoms with van der Waals surface area (Å²) in [6.07, 6.45) is 5.86. The minimum absolute atomic E-state index is 0.186. The van der Waals surface area contributed by atoms with Crippen molar-refractivity contribution >= 4 is 29.0 Å². The molecular weight excluding hydrogens is 411 g/mol. The zero-order valence-corrected chi connectivity index (χ0v) is 17.6. The second-order valence-electron chi connectivity index (χ2n) is 8.35. The highest BCUT2D eigenvalue weighted by atomic mass is 19.1. The van der Waals surface area contributed by atoms with Gasteiger partial charge in [-0.3, -0.25) is 4.79 Å². The molecule has 2 aliphatic rings. The number of rotatable bonds is 4. The highest BCUT2D eigenvalue weighted by molar-refractivity contribution is 6.00. The van der Waals surface area contributed by atoms with Gasteiger partial charge in [-0.05, 0) is 37.5 Å². The monoisotopic (exact) mass is 434 g/mol. The van der Waals surface area contributed by atoms with E-state index in [2.05, 4.69) is 25.9 Å². The molecule has 164 valence electrons. The molecule has 8 nitrogen and oxygen atoms in total. The molecule has 5 rings (SSSR count). The molecule has 1 aliphatic heterocycles. The number of hydrogen-bond donors (Lipinski definition) is 3. The highest BCUT2D eigenvalue weighted by Crippen LogP contribution is 2.42. The largest absolute Gasteiger partial charge is 0.710 e. The van der Waals surface area contributed by atoms with Gasteiger partial charge < -0.3 is 15.8 Å². The van der Waals surface area contributed by atoms with E-state index in [1.807, 2.05) is 6.92 Å². The zero-order valence-electron chi connectivity index (χ0n) is 17.6. The molecule has 1 aromatic carbocycles. The molecule has 0 radical (unpaired) electrons. The maximum atomic E-state index is 14.0. The Hall–Kier alpha value is -3.75. The van der Waals surface area contributed by atoms with E-state index < -0.39 is 11.4 Å². The maximum absolute atomic E-state index is 14.0. The minimum Gasteiger partial charge on any atom is -0.710 e. The first kappa shape index (κ1) is 20.2. The highest BCUT2D eigenvalue weighted by Gasteiger charge is 2.48. The van der Waals surface area contributed by atoms with Gasteiger partial charge in [0, 0.05) is 12.1 Å². The lowest BCUT2D eigenvalue weighted by molar-refractivity contribution is -0.603. The number of carbonyl (C=O) groups is 1. The van der Waals surface area contributed by atoms with Crippen molar-refractivity contribution in [1.82, 2.24) is 15.3 Å². The summed E-state index contributed by atoms with van der Waals surface area (Å²) in [7, 11) is 0. The van der Waals surface area contributed by atoms with E-state index in [1.165, 1.54) is 12.4 Å². The van der Waals surface area contributed by atoms with E-state index in [1.54, 1.807) is 30.3 Å². The van der Waals surface area contributed by atoms with Crippen molar-refractivity contribution in [2.24, 2.45) is 0 Å². The Labute approximate surface area is 184 Å². The molecule has 0 bridgehead atoms. The van der Waals surface area contributed by atoms with Gasteiger partial charge in [-0.1, -0.05) is 31.4 Å². The summed E-state index contributed by atoms with van der Waals surface area (Å²) in [5.74, 6) is 0.440. The Balaban J connectivity index is 1.48. The second kappa shape index (κ2) is 7.74. The molecule has 1 saturated carbocycles. The van der Waals surface area contributed by atoms with Gasteiger partial charge in [0.2, 0.25) is 5.82 Å². The van der Waals surface area contributed by atoms with E-state index in [0.717, 1.165) is 42.4 Å². The summed E-state index contributed by atoms with van der Waals surface area (Å²) >= 11 is 0. The molecule has 1 spiro atoms. The van der Waals surface area contributed by atoms with Crippen molar-refractivity contribution in [3.63, 3.8) is 0 Å². The van der Waals surface area contributed by atoms with Gasteiger partial charge in [-0.25, -0.2) is 19.4 Å². The number of pyridine rings is 1. The van der Waals surface area contributed by atoms with Crippen LogP contribution in [0.25, 0.3) is 0 Å². The number of carbonyl (C=O) groups excluding carboxylic acids is 1. The van der Waals surface area contributed by atoms with Gasteiger partial charge in [0.25, 0.3) is 11.7 Å². The first-order valence-corrected chi connectivity index (χ1v) is 10.7. The van der Waals surface area contributed by atoms with Crippen molar-refractivity contribution in [1.29, 1.82) is 0 Å². The Bertz CT molecular complexity index is 1210. The normalized spacial score (nSPS) is 16.5. The summed E-state index contributed by atoms with van der Waals surface area (Å²) in [6, 6.07) is 9.53. The van der Waals surface area contributed by atoms with Crippen LogP contribution >= 0.6 is 0 Å². The molecule has 2 aromatic heterocycles. The third-order valence-corrected chi connectivity index (χ3v) is 6.21. The fourth-order valence-corrected chi connectivity index (χ4v) is 4.73. The molecule has 0 saturated heterocycles. The molecule has 32 heavy (non-hydrogen) atoms. The van der Waals surface area contributed by atoms with Crippen molar-refractivity contribution < 1.29 is 13.9 Å². The number of aromatic nitrogens is 3. The number of para-hydroxylation sites is 1. The van der Waals surface area contributed by atoms with Gasteiger partial charge in [0.1, 0.15) is 29.2 Å². The van der Waals surface area contributed by atoms with Crippen LogP contribution in [-0.2, 0) is 5.54 Å². The Kier molecular flexibility index (Phi) is 4.88. The predicted molar refractivity (Wildman–Crippen MR) is 117 cm³/mol. The van der Waals surface area contributed by atoms with Crippen molar-refractivity contribution in [3.05, 3.63) is 70.6 Å². The van der Waals surface area contributed by atoms with E-state index in [-0.39, 0.29) is 17.4 Å². The Morgan fingerprint density at radius 3 is 2.56 bits per heavy atom.